The van der Waals surface area contributed by atoms with Gasteiger partial charge in [-0.25, -0.2) is 18.7 Å². The van der Waals surface area contributed by atoms with Crippen LogP contribution in [0.2, 0.25) is 0 Å². The van der Waals surface area contributed by atoms with E-state index in [1.807, 2.05) is 6.92 Å². The van der Waals surface area contributed by atoms with Crippen LogP contribution in [0.25, 0.3) is 11.3 Å². The van der Waals surface area contributed by atoms with Crippen molar-refractivity contribution in [1.29, 1.82) is 0 Å². The van der Waals surface area contributed by atoms with Crippen LogP contribution in [0.4, 0.5) is 14.6 Å². The smallest absolute Gasteiger partial charge is 0.157 e. The maximum atomic E-state index is 14.1. The minimum Gasteiger partial charge on any atom is -0.384 e. The Balaban J connectivity index is 2.52. The normalized spacial score (nSPS) is 10.8. The standard InChI is InChI=1S/C14H15F2N3O/c1-3-20-7-12-18-10(6-11(17)19-12)13-9(15)5-4-8(2)14(13)16/h4-6H,3,7H2,1-2H3,(H2,17,18,19). The quantitative estimate of drug-likeness (QED) is 0.934. The van der Waals surface area contributed by atoms with Crippen molar-refractivity contribution >= 4 is 5.82 Å². The molecule has 4 nitrogen and oxygen atoms in total. The first kappa shape index (κ1) is 14.3. The molecule has 0 saturated carbocycles. The van der Waals surface area contributed by atoms with Gasteiger partial charge in [0, 0.05) is 12.7 Å². The van der Waals surface area contributed by atoms with Crippen LogP contribution in [0, 0.1) is 18.6 Å². The van der Waals surface area contributed by atoms with E-state index in [0.717, 1.165) is 0 Å². The number of ether oxygens (including phenoxy) is 1. The second-order valence-electron chi connectivity index (χ2n) is 4.28. The van der Waals surface area contributed by atoms with Crippen LogP contribution < -0.4 is 5.73 Å². The van der Waals surface area contributed by atoms with Gasteiger partial charge in [0.15, 0.2) is 5.82 Å². The minimum atomic E-state index is -0.687. The molecule has 2 rings (SSSR count). The molecule has 0 radical (unpaired) electrons. The molecule has 1 aromatic carbocycles. The number of hydrogen-bond donors (Lipinski definition) is 1. The largest absolute Gasteiger partial charge is 0.384 e. The number of aromatic nitrogens is 2. The Kier molecular flexibility index (Phi) is 4.24. The highest BCUT2D eigenvalue weighted by atomic mass is 19.1. The van der Waals surface area contributed by atoms with Gasteiger partial charge >= 0.3 is 0 Å². The Bertz CT molecular complexity index is 632. The van der Waals surface area contributed by atoms with Crippen LogP contribution in [0.5, 0.6) is 0 Å². The molecule has 0 bridgehead atoms. The Morgan fingerprint density at radius 3 is 2.70 bits per heavy atom. The molecule has 2 N–H and O–H groups in total. The summed E-state index contributed by atoms with van der Waals surface area (Å²) in [5.41, 5.74) is 5.91. The van der Waals surface area contributed by atoms with E-state index in [1.54, 1.807) is 6.92 Å². The van der Waals surface area contributed by atoms with Crippen molar-refractivity contribution in [2.45, 2.75) is 20.5 Å². The summed E-state index contributed by atoms with van der Waals surface area (Å²) in [5, 5.41) is 0. The third kappa shape index (κ3) is 2.91. The van der Waals surface area contributed by atoms with Crippen LogP contribution in [0.15, 0.2) is 18.2 Å². The highest BCUT2D eigenvalue weighted by Crippen LogP contribution is 2.27. The first-order valence-electron chi connectivity index (χ1n) is 6.19. The summed E-state index contributed by atoms with van der Waals surface area (Å²) < 4.78 is 33.1. The average molecular weight is 279 g/mol. The number of halogens is 2. The van der Waals surface area contributed by atoms with E-state index in [0.29, 0.717) is 18.0 Å². The second-order valence-corrected chi connectivity index (χ2v) is 4.28. The van der Waals surface area contributed by atoms with Gasteiger partial charge in [0.05, 0.1) is 11.3 Å². The number of hydrogen-bond acceptors (Lipinski definition) is 4. The molecule has 1 aromatic heterocycles. The first-order valence-corrected chi connectivity index (χ1v) is 6.19. The highest BCUT2D eigenvalue weighted by Gasteiger charge is 2.16. The van der Waals surface area contributed by atoms with Gasteiger partial charge < -0.3 is 10.5 Å². The van der Waals surface area contributed by atoms with Gasteiger partial charge in [-0.15, -0.1) is 0 Å². The predicted octanol–water partition coefficient (Wildman–Crippen LogP) is 2.85. The zero-order chi connectivity index (χ0) is 14.7. The highest BCUT2D eigenvalue weighted by molar-refractivity contribution is 5.64. The molecule has 0 fully saturated rings. The molecule has 0 aliphatic heterocycles. The van der Waals surface area contributed by atoms with E-state index in [2.05, 4.69) is 9.97 Å². The third-order valence-corrected chi connectivity index (χ3v) is 2.77. The lowest BCUT2D eigenvalue weighted by Crippen LogP contribution is -2.05. The molecule has 20 heavy (non-hydrogen) atoms. The van der Waals surface area contributed by atoms with E-state index in [-0.39, 0.29) is 23.7 Å². The van der Waals surface area contributed by atoms with Crippen molar-refractivity contribution in [3.8, 4) is 11.3 Å². The number of nitrogens with zero attached hydrogens (tertiary/aromatic N) is 2. The third-order valence-electron chi connectivity index (χ3n) is 2.77. The van der Waals surface area contributed by atoms with E-state index in [9.17, 15) is 8.78 Å². The summed E-state index contributed by atoms with van der Waals surface area (Å²) in [6, 6.07) is 3.92. The zero-order valence-corrected chi connectivity index (χ0v) is 11.3. The van der Waals surface area contributed by atoms with Gasteiger partial charge in [-0.1, -0.05) is 6.07 Å². The number of nitrogen functional groups attached to an aromatic ring is 1. The summed E-state index contributed by atoms with van der Waals surface area (Å²) >= 11 is 0. The summed E-state index contributed by atoms with van der Waals surface area (Å²) in [4.78, 5) is 8.08. The summed E-state index contributed by atoms with van der Waals surface area (Å²) in [7, 11) is 0. The van der Waals surface area contributed by atoms with Crippen LogP contribution >= 0.6 is 0 Å². The fourth-order valence-electron chi connectivity index (χ4n) is 1.80. The van der Waals surface area contributed by atoms with Gasteiger partial charge in [-0.3, -0.25) is 0 Å². The molecular weight excluding hydrogens is 264 g/mol. The Morgan fingerprint density at radius 2 is 2.00 bits per heavy atom. The molecule has 0 spiro atoms. The lowest BCUT2D eigenvalue weighted by Gasteiger charge is -2.09. The van der Waals surface area contributed by atoms with Crippen molar-refractivity contribution in [1.82, 2.24) is 9.97 Å². The van der Waals surface area contributed by atoms with E-state index in [4.69, 9.17) is 10.5 Å². The molecular formula is C14H15F2N3O. The number of aryl methyl sites for hydroxylation is 1. The van der Waals surface area contributed by atoms with E-state index >= 15 is 0 Å². The molecule has 0 aliphatic carbocycles. The maximum absolute atomic E-state index is 14.1. The Hall–Kier alpha value is -2.08. The first-order chi connectivity index (χ1) is 9.52. The van der Waals surface area contributed by atoms with E-state index in [1.165, 1.54) is 18.2 Å². The van der Waals surface area contributed by atoms with Crippen LogP contribution in [0.3, 0.4) is 0 Å². The topological polar surface area (TPSA) is 61.0 Å². The average Bonchev–Trinajstić information content (AvgIpc) is 2.41. The fraction of sp³-hybridized carbons (Fsp3) is 0.286. The molecule has 6 heteroatoms. The number of anilines is 1. The molecule has 0 atom stereocenters. The van der Waals surface area contributed by atoms with Gasteiger partial charge in [0.2, 0.25) is 0 Å². The zero-order valence-electron chi connectivity index (χ0n) is 11.3. The van der Waals surface area contributed by atoms with Crippen molar-refractivity contribution in [3.05, 3.63) is 41.2 Å². The van der Waals surface area contributed by atoms with Gasteiger partial charge in [-0.05, 0) is 25.5 Å². The molecule has 0 saturated heterocycles. The van der Waals surface area contributed by atoms with Crippen molar-refractivity contribution in [2.75, 3.05) is 12.3 Å². The van der Waals surface area contributed by atoms with Crippen LogP contribution in [0.1, 0.15) is 18.3 Å². The lowest BCUT2D eigenvalue weighted by atomic mass is 10.1. The van der Waals surface area contributed by atoms with Gasteiger partial charge in [-0.2, -0.15) is 0 Å². The molecule has 0 amide bonds. The van der Waals surface area contributed by atoms with Crippen LogP contribution in [-0.4, -0.2) is 16.6 Å². The SMILES string of the molecule is CCOCc1nc(N)cc(-c2c(F)ccc(C)c2F)n1. The molecule has 0 unspecified atom stereocenters. The van der Waals surface area contributed by atoms with Crippen LogP contribution in [-0.2, 0) is 11.3 Å². The predicted molar refractivity (Wildman–Crippen MR) is 71.9 cm³/mol. The number of rotatable bonds is 4. The van der Waals surface area contributed by atoms with Crippen molar-refractivity contribution < 1.29 is 13.5 Å². The fourth-order valence-corrected chi connectivity index (χ4v) is 1.80. The van der Waals surface area contributed by atoms with Crippen molar-refractivity contribution in [2.24, 2.45) is 0 Å². The Labute approximate surface area is 115 Å². The monoisotopic (exact) mass is 279 g/mol. The van der Waals surface area contributed by atoms with Gasteiger partial charge in [0.25, 0.3) is 0 Å². The van der Waals surface area contributed by atoms with Crippen molar-refractivity contribution in [3.63, 3.8) is 0 Å². The number of benzene rings is 1. The molecule has 0 aliphatic rings. The van der Waals surface area contributed by atoms with Gasteiger partial charge in [0.1, 0.15) is 24.1 Å². The Morgan fingerprint density at radius 1 is 1.25 bits per heavy atom. The lowest BCUT2D eigenvalue weighted by molar-refractivity contribution is 0.128. The second kappa shape index (κ2) is 5.92. The summed E-state index contributed by atoms with van der Waals surface area (Å²) in [5.74, 6) is -0.897. The molecule has 2 aromatic rings. The summed E-state index contributed by atoms with van der Waals surface area (Å²) in [6.07, 6.45) is 0. The number of nitrogens with two attached hydrogens (primary N) is 1. The maximum Gasteiger partial charge on any atom is 0.157 e. The minimum absolute atomic E-state index is 0.117. The molecule has 1 heterocycles. The summed E-state index contributed by atoms with van der Waals surface area (Å²) in [6.45, 7) is 4.02. The molecule has 106 valence electrons. The van der Waals surface area contributed by atoms with E-state index < -0.39 is 11.6 Å².